The van der Waals surface area contributed by atoms with Crippen LogP contribution >= 0.6 is 0 Å². The van der Waals surface area contributed by atoms with Crippen LogP contribution in [-0.2, 0) is 14.3 Å². The smallest absolute Gasteiger partial charge is 0.310 e. The average molecular weight is 334 g/mol. The summed E-state index contributed by atoms with van der Waals surface area (Å²) in [5, 5.41) is 2.71. The van der Waals surface area contributed by atoms with E-state index in [0.29, 0.717) is 25.1 Å². The number of amides is 2. The molecule has 1 aromatic rings. The minimum Gasteiger partial charge on any atom is -0.469 e. The van der Waals surface area contributed by atoms with E-state index in [4.69, 9.17) is 4.74 Å². The summed E-state index contributed by atoms with van der Waals surface area (Å²) >= 11 is 0. The number of carbonyl (C=O) groups excluding carboxylic acids is 3. The quantitative estimate of drug-likeness (QED) is 0.581. The number of esters is 1. The van der Waals surface area contributed by atoms with Crippen molar-refractivity contribution in [2.75, 3.05) is 26.7 Å². The van der Waals surface area contributed by atoms with Crippen molar-refractivity contribution in [3.8, 4) is 0 Å². The molecule has 0 saturated heterocycles. The topological polar surface area (TPSA) is 75.7 Å². The summed E-state index contributed by atoms with van der Waals surface area (Å²) in [7, 11) is 1.34. The molecule has 24 heavy (non-hydrogen) atoms. The predicted octanol–water partition coefficient (Wildman–Crippen LogP) is 1.77. The van der Waals surface area contributed by atoms with Gasteiger partial charge in [-0.05, 0) is 25.0 Å². The number of aryl methyl sites for hydroxylation is 1. The minimum atomic E-state index is -0.413. The van der Waals surface area contributed by atoms with Crippen LogP contribution in [0.15, 0.2) is 24.3 Å². The zero-order valence-corrected chi connectivity index (χ0v) is 14.8. The second-order valence-corrected chi connectivity index (χ2v) is 5.83. The van der Waals surface area contributed by atoms with Crippen LogP contribution in [0.1, 0.15) is 36.2 Å². The first-order valence-electron chi connectivity index (χ1n) is 8.04. The Morgan fingerprint density at radius 2 is 1.92 bits per heavy atom. The molecule has 0 aliphatic carbocycles. The number of benzene rings is 1. The van der Waals surface area contributed by atoms with Crippen molar-refractivity contribution >= 4 is 17.8 Å². The number of hydrogen-bond acceptors (Lipinski definition) is 4. The van der Waals surface area contributed by atoms with Crippen LogP contribution in [0.2, 0.25) is 0 Å². The van der Waals surface area contributed by atoms with Gasteiger partial charge in [-0.1, -0.05) is 25.1 Å². The molecule has 0 aromatic heterocycles. The molecular weight excluding hydrogens is 308 g/mol. The molecule has 0 radical (unpaired) electrons. The Balaban J connectivity index is 2.83. The number of rotatable bonds is 8. The first-order chi connectivity index (χ1) is 11.4. The summed E-state index contributed by atoms with van der Waals surface area (Å²) in [4.78, 5) is 37.1. The fourth-order valence-electron chi connectivity index (χ4n) is 2.40. The van der Waals surface area contributed by atoms with E-state index >= 15 is 0 Å². The molecule has 2 amide bonds. The molecular formula is C18H26N2O4. The maximum absolute atomic E-state index is 12.8. The third kappa shape index (κ3) is 6.02. The molecule has 0 spiro atoms. The van der Waals surface area contributed by atoms with Crippen LogP contribution in [0.25, 0.3) is 0 Å². The van der Waals surface area contributed by atoms with E-state index in [2.05, 4.69) is 5.32 Å². The Labute approximate surface area is 143 Å². The highest BCUT2D eigenvalue weighted by Crippen LogP contribution is 2.13. The fraction of sp³-hybridized carbons (Fsp3) is 0.500. The Kier molecular flexibility index (Phi) is 7.95. The molecule has 0 aliphatic heterocycles. The lowest BCUT2D eigenvalue weighted by Crippen LogP contribution is -2.39. The molecule has 1 unspecified atom stereocenters. The largest absolute Gasteiger partial charge is 0.469 e. The standard InChI is InChI=1S/C18H26N2O4/c1-13-8-5-6-9-16(13)17(22)20(11-7-10-19-15(3)21)12-14(2)18(23)24-4/h5-6,8-9,14H,7,10-12H2,1-4H3,(H,19,21). The third-order valence-electron chi connectivity index (χ3n) is 3.74. The second kappa shape index (κ2) is 9.70. The summed E-state index contributed by atoms with van der Waals surface area (Å²) in [5.41, 5.74) is 1.51. The van der Waals surface area contributed by atoms with Gasteiger partial charge in [0.25, 0.3) is 5.91 Å². The summed E-state index contributed by atoms with van der Waals surface area (Å²) in [6.07, 6.45) is 0.616. The third-order valence-corrected chi connectivity index (χ3v) is 3.74. The van der Waals surface area contributed by atoms with Gasteiger partial charge in [0.05, 0.1) is 13.0 Å². The van der Waals surface area contributed by atoms with Gasteiger partial charge < -0.3 is 15.0 Å². The monoisotopic (exact) mass is 334 g/mol. The Bertz CT molecular complexity index is 586. The van der Waals surface area contributed by atoms with Crippen LogP contribution in [0, 0.1) is 12.8 Å². The van der Waals surface area contributed by atoms with Gasteiger partial charge in [-0.3, -0.25) is 14.4 Å². The van der Waals surface area contributed by atoms with Gasteiger partial charge >= 0.3 is 5.97 Å². The van der Waals surface area contributed by atoms with Crippen molar-refractivity contribution < 1.29 is 19.1 Å². The molecule has 0 heterocycles. The van der Waals surface area contributed by atoms with Crippen molar-refractivity contribution in [3.63, 3.8) is 0 Å². The molecule has 1 N–H and O–H groups in total. The van der Waals surface area contributed by atoms with Crippen LogP contribution in [-0.4, -0.2) is 49.4 Å². The summed E-state index contributed by atoms with van der Waals surface area (Å²) in [6, 6.07) is 7.36. The summed E-state index contributed by atoms with van der Waals surface area (Å²) in [5.74, 6) is -0.982. The van der Waals surface area contributed by atoms with Crippen LogP contribution in [0.4, 0.5) is 0 Å². The molecule has 1 aromatic carbocycles. The van der Waals surface area contributed by atoms with Crippen LogP contribution in [0.3, 0.4) is 0 Å². The van der Waals surface area contributed by atoms with E-state index in [1.165, 1.54) is 14.0 Å². The van der Waals surface area contributed by atoms with Crippen molar-refractivity contribution in [1.82, 2.24) is 10.2 Å². The van der Waals surface area contributed by atoms with Gasteiger partial charge in [0, 0.05) is 32.1 Å². The highest BCUT2D eigenvalue weighted by molar-refractivity contribution is 5.95. The fourth-order valence-corrected chi connectivity index (χ4v) is 2.40. The molecule has 0 saturated carbocycles. The van der Waals surface area contributed by atoms with Crippen molar-refractivity contribution in [2.24, 2.45) is 5.92 Å². The number of hydrogen-bond donors (Lipinski definition) is 1. The zero-order chi connectivity index (χ0) is 18.1. The van der Waals surface area contributed by atoms with Crippen LogP contribution in [0.5, 0.6) is 0 Å². The number of ether oxygens (including phenoxy) is 1. The lowest BCUT2D eigenvalue weighted by Gasteiger charge is -2.26. The lowest BCUT2D eigenvalue weighted by atomic mass is 10.1. The molecule has 6 heteroatoms. The van der Waals surface area contributed by atoms with E-state index in [-0.39, 0.29) is 24.3 Å². The highest BCUT2D eigenvalue weighted by Gasteiger charge is 2.23. The van der Waals surface area contributed by atoms with E-state index < -0.39 is 5.92 Å². The number of nitrogens with zero attached hydrogens (tertiary/aromatic N) is 1. The van der Waals surface area contributed by atoms with Gasteiger partial charge in [0.1, 0.15) is 0 Å². The highest BCUT2D eigenvalue weighted by atomic mass is 16.5. The summed E-state index contributed by atoms with van der Waals surface area (Å²) < 4.78 is 4.75. The first kappa shape index (κ1) is 19.7. The van der Waals surface area contributed by atoms with E-state index in [1.54, 1.807) is 17.9 Å². The Morgan fingerprint density at radius 1 is 1.25 bits per heavy atom. The van der Waals surface area contributed by atoms with Crippen molar-refractivity contribution in [2.45, 2.75) is 27.2 Å². The lowest BCUT2D eigenvalue weighted by molar-refractivity contribution is -0.145. The number of methoxy groups -OCH3 is 1. The minimum absolute atomic E-state index is 0.102. The SMILES string of the molecule is COC(=O)C(C)CN(CCCNC(C)=O)C(=O)c1ccccc1C. The van der Waals surface area contributed by atoms with Gasteiger partial charge in [0.2, 0.25) is 5.91 Å². The van der Waals surface area contributed by atoms with Crippen molar-refractivity contribution in [3.05, 3.63) is 35.4 Å². The molecule has 0 aliphatic rings. The normalized spacial score (nSPS) is 11.5. The predicted molar refractivity (Wildman–Crippen MR) is 91.6 cm³/mol. The Morgan fingerprint density at radius 3 is 2.50 bits per heavy atom. The number of carbonyl (C=O) groups is 3. The molecule has 1 atom stereocenters. The Hall–Kier alpha value is -2.37. The maximum Gasteiger partial charge on any atom is 0.310 e. The molecule has 132 valence electrons. The van der Waals surface area contributed by atoms with E-state index in [1.807, 2.05) is 25.1 Å². The van der Waals surface area contributed by atoms with E-state index in [9.17, 15) is 14.4 Å². The average Bonchev–Trinajstić information content (AvgIpc) is 2.56. The molecule has 0 fully saturated rings. The van der Waals surface area contributed by atoms with Gasteiger partial charge in [-0.15, -0.1) is 0 Å². The van der Waals surface area contributed by atoms with Gasteiger partial charge in [0.15, 0.2) is 0 Å². The van der Waals surface area contributed by atoms with Gasteiger partial charge in [-0.2, -0.15) is 0 Å². The summed E-state index contributed by atoms with van der Waals surface area (Å²) in [6.45, 7) is 6.29. The molecule has 1 rings (SSSR count). The van der Waals surface area contributed by atoms with Crippen molar-refractivity contribution in [1.29, 1.82) is 0 Å². The number of nitrogens with one attached hydrogen (secondary N) is 1. The first-order valence-corrected chi connectivity index (χ1v) is 8.04. The molecule has 6 nitrogen and oxygen atoms in total. The zero-order valence-electron chi connectivity index (χ0n) is 14.8. The second-order valence-electron chi connectivity index (χ2n) is 5.83. The molecule has 0 bridgehead atoms. The maximum atomic E-state index is 12.8. The van der Waals surface area contributed by atoms with E-state index in [0.717, 1.165) is 5.56 Å². The van der Waals surface area contributed by atoms with Gasteiger partial charge in [-0.25, -0.2) is 0 Å². The van der Waals surface area contributed by atoms with Crippen LogP contribution < -0.4 is 5.32 Å².